The monoisotopic (exact) mass is 1180 g/mol. The molecule has 0 bridgehead atoms. The predicted molar refractivity (Wildman–Crippen MR) is 337 cm³/mol. The SMILES string of the molecule is CCCCCCC/C=C\C/C=C\CCCCCCCCCCCC(=O)NC(COC1OC(CO)C(OC2OC(CO)C(O)C(O)C2O)C(O)C1O)C(O)CCCCCCCCCCCCCCCCCCCCCCCCCCCCCC. The average molecular weight is 1180 g/mol. The Hall–Kier alpha value is -1.53. The van der Waals surface area contributed by atoms with Crippen molar-refractivity contribution in [3.8, 4) is 0 Å². The van der Waals surface area contributed by atoms with Crippen LogP contribution in [0.1, 0.15) is 316 Å². The maximum absolute atomic E-state index is 13.3. The maximum Gasteiger partial charge on any atom is 0.220 e. The molecule has 0 aromatic heterocycles. The van der Waals surface area contributed by atoms with Gasteiger partial charge in [0.1, 0.15) is 48.8 Å². The Bertz CT molecular complexity index is 1490. The van der Waals surface area contributed by atoms with Crippen LogP contribution >= 0.6 is 0 Å². The van der Waals surface area contributed by atoms with E-state index in [1.807, 2.05) is 0 Å². The van der Waals surface area contributed by atoms with Gasteiger partial charge in [-0.3, -0.25) is 4.79 Å². The van der Waals surface area contributed by atoms with Crippen molar-refractivity contribution in [2.45, 2.75) is 389 Å². The lowest BCUT2D eigenvalue weighted by molar-refractivity contribution is -0.359. The fraction of sp³-hybridized carbons (Fsp3) is 0.928. The number of aliphatic hydroxyl groups is 8. The summed E-state index contributed by atoms with van der Waals surface area (Å²) in [4.78, 5) is 13.3. The minimum absolute atomic E-state index is 0.206. The number of aliphatic hydroxyl groups excluding tert-OH is 8. The zero-order valence-corrected chi connectivity index (χ0v) is 53.2. The standard InChI is InChI=1S/C69H131NO13/c1-3-5-7-9-11-13-15-17-19-21-23-25-26-27-28-29-30-31-33-34-36-38-40-42-44-46-48-50-52-58(73)57(56-80-68-66(79)64(77)67(60(55-72)82-68)83-69-65(78)63(76)62(75)59(54-71)81-69)70-61(74)53-51-49-47-45-43-41-39-37-35-32-24-22-20-18-16-14-12-10-8-6-4-2/h16,18,22,24,57-60,62-69,71-73,75-79H,3-15,17,19-21,23,25-56H2,1-2H3,(H,70,74)/b18-16-,24-22-. The van der Waals surface area contributed by atoms with Gasteiger partial charge < -0.3 is 65.1 Å². The van der Waals surface area contributed by atoms with Gasteiger partial charge in [0.2, 0.25) is 5.91 Å². The lowest BCUT2D eigenvalue weighted by Crippen LogP contribution is -2.65. The van der Waals surface area contributed by atoms with E-state index in [-0.39, 0.29) is 12.5 Å². The highest BCUT2D eigenvalue weighted by Crippen LogP contribution is 2.30. The van der Waals surface area contributed by atoms with Gasteiger partial charge in [0.25, 0.3) is 0 Å². The second-order valence-electron chi connectivity index (χ2n) is 25.0. The number of unbranched alkanes of at least 4 members (excludes halogenated alkanes) is 41. The zero-order chi connectivity index (χ0) is 60.2. The van der Waals surface area contributed by atoms with E-state index in [0.717, 1.165) is 64.2 Å². The molecule has 2 fully saturated rings. The summed E-state index contributed by atoms with van der Waals surface area (Å²) < 4.78 is 22.9. The number of hydrogen-bond acceptors (Lipinski definition) is 13. The molecule has 0 spiro atoms. The Labute approximate surface area is 507 Å². The van der Waals surface area contributed by atoms with Crippen molar-refractivity contribution in [1.82, 2.24) is 5.32 Å². The molecule has 2 heterocycles. The first-order valence-electron chi connectivity index (χ1n) is 35.1. The molecule has 2 aliphatic rings. The van der Waals surface area contributed by atoms with Gasteiger partial charge in [-0.25, -0.2) is 0 Å². The summed E-state index contributed by atoms with van der Waals surface area (Å²) in [6.45, 7) is 2.90. The lowest BCUT2D eigenvalue weighted by Gasteiger charge is -2.46. The Morgan fingerprint density at radius 3 is 1.20 bits per heavy atom. The van der Waals surface area contributed by atoms with Crippen molar-refractivity contribution in [3.63, 3.8) is 0 Å². The Morgan fingerprint density at radius 1 is 0.434 bits per heavy atom. The molecule has 83 heavy (non-hydrogen) atoms. The maximum atomic E-state index is 13.3. The van der Waals surface area contributed by atoms with E-state index in [9.17, 15) is 45.6 Å². The van der Waals surface area contributed by atoms with E-state index < -0.39 is 86.8 Å². The van der Waals surface area contributed by atoms with Crippen LogP contribution in [0.2, 0.25) is 0 Å². The number of carbonyl (C=O) groups is 1. The fourth-order valence-corrected chi connectivity index (χ4v) is 11.8. The Balaban J connectivity index is 1.67. The molecule has 9 N–H and O–H groups in total. The largest absolute Gasteiger partial charge is 0.394 e. The first-order chi connectivity index (χ1) is 40.6. The van der Waals surface area contributed by atoms with Gasteiger partial charge in [-0.15, -0.1) is 0 Å². The molecule has 14 heteroatoms. The van der Waals surface area contributed by atoms with Crippen LogP contribution in [-0.4, -0.2) is 140 Å². The Morgan fingerprint density at radius 2 is 0.795 bits per heavy atom. The zero-order valence-electron chi connectivity index (χ0n) is 53.2. The van der Waals surface area contributed by atoms with Crippen LogP contribution in [0.5, 0.6) is 0 Å². The number of hydrogen-bond donors (Lipinski definition) is 9. The van der Waals surface area contributed by atoms with Crippen LogP contribution in [0.25, 0.3) is 0 Å². The van der Waals surface area contributed by atoms with Crippen LogP contribution in [0.15, 0.2) is 24.3 Å². The van der Waals surface area contributed by atoms with Crippen molar-refractivity contribution in [1.29, 1.82) is 0 Å². The van der Waals surface area contributed by atoms with E-state index in [1.165, 1.54) is 225 Å². The summed E-state index contributed by atoms with van der Waals surface area (Å²) in [5.41, 5.74) is 0. The molecule has 2 rings (SSSR count). The number of carbonyl (C=O) groups excluding carboxylic acids is 1. The predicted octanol–water partition coefficient (Wildman–Crippen LogP) is 14.0. The Kier molecular flexibility index (Phi) is 51.0. The van der Waals surface area contributed by atoms with Crippen molar-refractivity contribution in [2.75, 3.05) is 19.8 Å². The number of nitrogens with one attached hydrogen (secondary N) is 1. The fourth-order valence-electron chi connectivity index (χ4n) is 11.8. The molecule has 0 radical (unpaired) electrons. The van der Waals surface area contributed by atoms with Crippen LogP contribution in [0.4, 0.5) is 0 Å². The first kappa shape index (κ1) is 77.6. The molecule has 490 valence electrons. The van der Waals surface area contributed by atoms with Gasteiger partial charge in [-0.2, -0.15) is 0 Å². The van der Waals surface area contributed by atoms with Crippen molar-refractivity contribution in [2.24, 2.45) is 0 Å². The van der Waals surface area contributed by atoms with Crippen molar-refractivity contribution >= 4 is 5.91 Å². The molecule has 0 saturated carbocycles. The molecule has 2 aliphatic heterocycles. The normalized spacial score (nSPS) is 23.9. The van der Waals surface area contributed by atoms with E-state index >= 15 is 0 Å². The van der Waals surface area contributed by atoms with E-state index in [4.69, 9.17) is 18.9 Å². The third-order valence-corrected chi connectivity index (χ3v) is 17.4. The summed E-state index contributed by atoms with van der Waals surface area (Å²) in [6, 6.07) is -0.831. The molecule has 0 aromatic rings. The van der Waals surface area contributed by atoms with Gasteiger partial charge in [0.15, 0.2) is 12.6 Å². The number of ether oxygens (including phenoxy) is 4. The average Bonchev–Trinajstić information content (AvgIpc) is 3.59. The molecule has 2 saturated heterocycles. The molecule has 14 nitrogen and oxygen atoms in total. The molecule has 1 amide bonds. The van der Waals surface area contributed by atoms with E-state index in [0.29, 0.717) is 12.8 Å². The number of amides is 1. The van der Waals surface area contributed by atoms with Crippen molar-refractivity contribution in [3.05, 3.63) is 24.3 Å². The quantitative estimate of drug-likeness (QED) is 0.0204. The number of allylic oxidation sites excluding steroid dienone is 4. The summed E-state index contributed by atoms with van der Waals surface area (Å²) in [5, 5.41) is 87.6. The highest BCUT2D eigenvalue weighted by Gasteiger charge is 2.51. The molecule has 12 atom stereocenters. The van der Waals surface area contributed by atoms with Gasteiger partial charge >= 0.3 is 0 Å². The van der Waals surface area contributed by atoms with E-state index in [1.54, 1.807) is 0 Å². The second-order valence-corrected chi connectivity index (χ2v) is 25.0. The van der Waals surface area contributed by atoms with Crippen molar-refractivity contribution < 1.29 is 64.6 Å². The minimum Gasteiger partial charge on any atom is -0.394 e. The highest BCUT2D eigenvalue weighted by atomic mass is 16.7. The molecule has 0 aliphatic carbocycles. The lowest BCUT2D eigenvalue weighted by atomic mass is 9.97. The summed E-state index contributed by atoms with van der Waals surface area (Å²) in [6.07, 6.45) is 50.5. The topological polar surface area (TPSA) is 228 Å². The van der Waals surface area contributed by atoms with Crippen LogP contribution in [0, 0.1) is 0 Å². The second kappa shape index (κ2) is 54.6. The highest BCUT2D eigenvalue weighted by molar-refractivity contribution is 5.76. The van der Waals surface area contributed by atoms with Gasteiger partial charge in [-0.1, -0.05) is 289 Å². The molecular formula is C69H131NO13. The summed E-state index contributed by atoms with van der Waals surface area (Å²) >= 11 is 0. The van der Waals surface area contributed by atoms with E-state index in [2.05, 4.69) is 43.5 Å². The molecular weight excluding hydrogens is 1050 g/mol. The van der Waals surface area contributed by atoms with Crippen LogP contribution < -0.4 is 5.32 Å². The number of rotatable bonds is 58. The smallest absolute Gasteiger partial charge is 0.220 e. The first-order valence-corrected chi connectivity index (χ1v) is 35.1. The van der Waals surface area contributed by atoms with Crippen LogP contribution in [-0.2, 0) is 23.7 Å². The summed E-state index contributed by atoms with van der Waals surface area (Å²) in [7, 11) is 0. The van der Waals surface area contributed by atoms with Gasteiger partial charge in [0, 0.05) is 6.42 Å². The molecule has 0 aromatic carbocycles. The van der Waals surface area contributed by atoms with Gasteiger partial charge in [-0.05, 0) is 44.9 Å². The molecule has 12 unspecified atom stereocenters. The summed E-state index contributed by atoms with van der Waals surface area (Å²) in [5.74, 6) is -0.206. The minimum atomic E-state index is -1.78. The third kappa shape index (κ3) is 39.2. The van der Waals surface area contributed by atoms with Gasteiger partial charge in [0.05, 0.1) is 32.0 Å². The van der Waals surface area contributed by atoms with Crippen LogP contribution in [0.3, 0.4) is 0 Å². The third-order valence-electron chi connectivity index (χ3n) is 17.4.